The highest BCUT2D eigenvalue weighted by atomic mass is 32.2. The molecule has 2 rings (SSSR count). The molecule has 1 aliphatic heterocycles. The number of fused-ring (bicyclic) bond motifs is 1. The maximum Gasteiger partial charge on any atom is 0.270 e. The van der Waals surface area contributed by atoms with Crippen LogP contribution in [-0.2, 0) is 14.8 Å². The molecule has 0 N–H and O–H groups in total. The SMILES string of the molecule is CC(=O)CN1C(=O)c2cc([N+](=O)[O-])ccc2S1(=O)=O. The summed E-state index contributed by atoms with van der Waals surface area (Å²) in [6.45, 7) is 0.567. The Morgan fingerprint density at radius 2 is 2.05 bits per heavy atom. The van der Waals surface area contributed by atoms with Crippen molar-refractivity contribution >= 4 is 27.4 Å². The molecule has 1 aromatic carbocycles. The molecule has 0 radical (unpaired) electrons. The van der Waals surface area contributed by atoms with E-state index in [1.54, 1.807) is 0 Å². The summed E-state index contributed by atoms with van der Waals surface area (Å²) in [5.41, 5.74) is -0.664. The monoisotopic (exact) mass is 284 g/mol. The third kappa shape index (κ3) is 1.97. The van der Waals surface area contributed by atoms with Crippen LogP contribution >= 0.6 is 0 Å². The van der Waals surface area contributed by atoms with E-state index in [9.17, 15) is 28.1 Å². The number of nitro groups is 1. The van der Waals surface area contributed by atoms with Gasteiger partial charge in [-0.15, -0.1) is 0 Å². The zero-order valence-electron chi connectivity index (χ0n) is 9.69. The molecule has 1 aliphatic rings. The summed E-state index contributed by atoms with van der Waals surface area (Å²) >= 11 is 0. The summed E-state index contributed by atoms with van der Waals surface area (Å²) in [6, 6.07) is 2.90. The molecule has 9 heteroatoms. The smallest absolute Gasteiger partial charge is 0.270 e. The topological polar surface area (TPSA) is 115 Å². The van der Waals surface area contributed by atoms with Crippen LogP contribution in [0.2, 0.25) is 0 Å². The van der Waals surface area contributed by atoms with Gasteiger partial charge in [-0.2, -0.15) is 0 Å². The first-order chi connectivity index (χ1) is 8.75. The Morgan fingerprint density at radius 3 is 2.58 bits per heavy atom. The van der Waals surface area contributed by atoms with E-state index in [0.29, 0.717) is 4.31 Å². The molecule has 8 nitrogen and oxygen atoms in total. The summed E-state index contributed by atoms with van der Waals surface area (Å²) in [4.78, 5) is 32.4. The molecule has 1 heterocycles. The van der Waals surface area contributed by atoms with E-state index in [2.05, 4.69) is 0 Å². The number of amides is 1. The van der Waals surface area contributed by atoms with Crippen molar-refractivity contribution in [1.29, 1.82) is 0 Å². The molecular formula is C10H8N2O6S. The lowest BCUT2D eigenvalue weighted by Crippen LogP contribution is -2.34. The fraction of sp³-hybridized carbons (Fsp3) is 0.200. The lowest BCUT2D eigenvalue weighted by atomic mass is 10.2. The summed E-state index contributed by atoms with van der Waals surface area (Å²) in [6.07, 6.45) is 0. The summed E-state index contributed by atoms with van der Waals surface area (Å²) in [7, 11) is -4.09. The van der Waals surface area contributed by atoms with Gasteiger partial charge in [0, 0.05) is 12.1 Å². The third-order valence-electron chi connectivity index (χ3n) is 2.57. The molecule has 19 heavy (non-hydrogen) atoms. The molecule has 0 bridgehead atoms. The second-order valence-corrected chi connectivity index (χ2v) is 5.79. The number of hydrogen-bond donors (Lipinski definition) is 0. The highest BCUT2D eigenvalue weighted by Gasteiger charge is 2.42. The van der Waals surface area contributed by atoms with E-state index in [1.807, 2.05) is 0 Å². The highest BCUT2D eigenvalue weighted by Crippen LogP contribution is 2.32. The van der Waals surface area contributed by atoms with Crippen molar-refractivity contribution < 1.29 is 22.9 Å². The summed E-state index contributed by atoms with van der Waals surface area (Å²) < 4.78 is 24.4. The zero-order chi connectivity index (χ0) is 14.4. The number of benzene rings is 1. The number of hydrogen-bond acceptors (Lipinski definition) is 6. The average molecular weight is 284 g/mol. The van der Waals surface area contributed by atoms with Crippen molar-refractivity contribution in [2.75, 3.05) is 6.54 Å². The van der Waals surface area contributed by atoms with E-state index >= 15 is 0 Å². The Bertz CT molecular complexity index is 709. The van der Waals surface area contributed by atoms with Crippen molar-refractivity contribution in [2.24, 2.45) is 0 Å². The molecule has 0 atom stereocenters. The molecule has 0 spiro atoms. The molecule has 100 valence electrons. The minimum atomic E-state index is -4.09. The number of carbonyl (C=O) groups excluding carboxylic acids is 2. The van der Waals surface area contributed by atoms with E-state index in [1.165, 1.54) is 0 Å². The van der Waals surface area contributed by atoms with Crippen LogP contribution < -0.4 is 0 Å². The minimum absolute atomic E-state index is 0.282. The number of ketones is 1. The standard InChI is InChI=1S/C10H8N2O6S/c1-6(13)5-11-10(14)8-4-7(12(15)16)2-3-9(8)19(11,17)18/h2-4H,5H2,1H3. The number of nitro benzene ring substituents is 1. The summed E-state index contributed by atoms with van der Waals surface area (Å²) in [5, 5.41) is 10.6. The number of sulfonamides is 1. The number of nitrogens with zero attached hydrogens (tertiary/aromatic N) is 2. The van der Waals surface area contributed by atoms with Gasteiger partial charge in [0.05, 0.1) is 17.0 Å². The molecule has 0 unspecified atom stereocenters. The number of Topliss-reactive ketones (excluding diaryl/α,β-unsaturated/α-hetero) is 1. The highest BCUT2D eigenvalue weighted by molar-refractivity contribution is 7.90. The van der Waals surface area contributed by atoms with Crippen molar-refractivity contribution in [3.8, 4) is 0 Å². The number of rotatable bonds is 3. The van der Waals surface area contributed by atoms with E-state index in [0.717, 1.165) is 25.1 Å². The molecule has 0 saturated carbocycles. The molecule has 1 amide bonds. The molecular weight excluding hydrogens is 276 g/mol. The van der Waals surface area contributed by atoms with Gasteiger partial charge in [0.1, 0.15) is 10.7 Å². The van der Waals surface area contributed by atoms with Crippen molar-refractivity contribution in [1.82, 2.24) is 4.31 Å². The second kappa shape index (κ2) is 4.12. The lowest BCUT2D eigenvalue weighted by molar-refractivity contribution is -0.384. The normalized spacial score (nSPS) is 16.3. The molecule has 0 fully saturated rings. The molecule has 1 aromatic rings. The van der Waals surface area contributed by atoms with Crippen LogP contribution in [-0.4, -0.2) is 35.9 Å². The van der Waals surface area contributed by atoms with E-state index in [-0.39, 0.29) is 16.1 Å². The Labute approximate surface area is 107 Å². The molecule has 0 aliphatic carbocycles. The molecule has 0 saturated heterocycles. The maximum atomic E-state index is 12.0. The maximum absolute atomic E-state index is 12.0. The van der Waals surface area contributed by atoms with Gasteiger partial charge in [-0.05, 0) is 13.0 Å². The lowest BCUT2D eigenvalue weighted by Gasteiger charge is -2.12. The Hall–Kier alpha value is -2.29. The van der Waals surface area contributed by atoms with Gasteiger partial charge >= 0.3 is 0 Å². The fourth-order valence-corrected chi connectivity index (χ4v) is 3.31. The van der Waals surface area contributed by atoms with Crippen LogP contribution in [0, 0.1) is 10.1 Å². The predicted molar refractivity (Wildman–Crippen MR) is 62.0 cm³/mol. The average Bonchev–Trinajstić information content (AvgIpc) is 2.50. The van der Waals surface area contributed by atoms with Crippen LogP contribution in [0.1, 0.15) is 17.3 Å². The number of carbonyl (C=O) groups is 2. The van der Waals surface area contributed by atoms with Crippen molar-refractivity contribution in [3.05, 3.63) is 33.9 Å². The predicted octanol–water partition coefficient (Wildman–Crippen LogP) is 0.328. The van der Waals surface area contributed by atoms with Crippen LogP contribution in [0.25, 0.3) is 0 Å². The largest absolute Gasteiger partial charge is 0.298 e. The van der Waals surface area contributed by atoms with Crippen LogP contribution in [0.4, 0.5) is 5.69 Å². The van der Waals surface area contributed by atoms with Crippen LogP contribution in [0.3, 0.4) is 0 Å². The van der Waals surface area contributed by atoms with Gasteiger partial charge < -0.3 is 0 Å². The Balaban J connectivity index is 2.60. The van der Waals surface area contributed by atoms with Crippen LogP contribution in [0.5, 0.6) is 0 Å². The zero-order valence-corrected chi connectivity index (χ0v) is 10.5. The second-order valence-electron chi connectivity index (χ2n) is 3.96. The van der Waals surface area contributed by atoms with Gasteiger partial charge in [0.2, 0.25) is 0 Å². The quantitative estimate of drug-likeness (QED) is 0.583. The van der Waals surface area contributed by atoms with Gasteiger partial charge in [-0.3, -0.25) is 19.7 Å². The van der Waals surface area contributed by atoms with Gasteiger partial charge in [0.15, 0.2) is 0 Å². The van der Waals surface area contributed by atoms with Crippen molar-refractivity contribution in [3.63, 3.8) is 0 Å². The summed E-state index contributed by atoms with van der Waals surface area (Å²) in [5.74, 6) is -1.42. The Kier molecular flexibility index (Phi) is 2.85. The van der Waals surface area contributed by atoms with Crippen molar-refractivity contribution in [2.45, 2.75) is 11.8 Å². The van der Waals surface area contributed by atoms with E-state index in [4.69, 9.17) is 0 Å². The van der Waals surface area contributed by atoms with Crippen LogP contribution in [0.15, 0.2) is 23.1 Å². The first-order valence-electron chi connectivity index (χ1n) is 5.10. The van der Waals surface area contributed by atoms with E-state index < -0.39 is 33.2 Å². The molecule has 0 aromatic heterocycles. The fourth-order valence-electron chi connectivity index (χ4n) is 1.74. The Morgan fingerprint density at radius 1 is 1.42 bits per heavy atom. The van der Waals surface area contributed by atoms with Gasteiger partial charge in [0.25, 0.3) is 21.6 Å². The number of non-ortho nitro benzene ring substituents is 1. The first-order valence-corrected chi connectivity index (χ1v) is 6.54. The minimum Gasteiger partial charge on any atom is -0.298 e. The van der Waals surface area contributed by atoms with Gasteiger partial charge in [-0.1, -0.05) is 0 Å². The van der Waals surface area contributed by atoms with Gasteiger partial charge in [-0.25, -0.2) is 12.7 Å². The first kappa shape index (κ1) is 13.1. The third-order valence-corrected chi connectivity index (χ3v) is 4.35.